The van der Waals surface area contributed by atoms with E-state index >= 15 is 0 Å². The summed E-state index contributed by atoms with van der Waals surface area (Å²) in [6.07, 6.45) is 11.7. The zero-order valence-corrected chi connectivity index (χ0v) is 45.5. The number of ether oxygens (including phenoxy) is 4. The quantitative estimate of drug-likeness (QED) is 0.0873. The van der Waals surface area contributed by atoms with Gasteiger partial charge in [0.25, 0.3) is 0 Å². The minimum Gasteiger partial charge on any atom is -0.493 e. The van der Waals surface area contributed by atoms with Crippen molar-refractivity contribution in [3.05, 3.63) is 57.6 Å². The Morgan fingerprint density at radius 2 is 0.635 bits per heavy atom. The minimum absolute atomic E-state index is 0.128. The second-order valence-electron chi connectivity index (χ2n) is 28.5. The van der Waals surface area contributed by atoms with Crippen molar-refractivity contribution in [3.63, 3.8) is 0 Å². The first-order valence-corrected chi connectivity index (χ1v) is 25.3. The summed E-state index contributed by atoms with van der Waals surface area (Å²) >= 11 is 0. The number of benzene rings is 2. The van der Waals surface area contributed by atoms with E-state index < -0.39 is 0 Å². The van der Waals surface area contributed by atoms with Crippen molar-refractivity contribution < 1.29 is 18.9 Å². The van der Waals surface area contributed by atoms with Crippen LogP contribution in [-0.4, -0.2) is 38.6 Å². The molecular formula is C59H100O4. The Morgan fingerprint density at radius 1 is 0.397 bits per heavy atom. The highest BCUT2D eigenvalue weighted by atomic mass is 16.6. The average Bonchev–Trinajstić information content (AvgIpc) is 4.00. The molecular weight excluding hydrogens is 773 g/mol. The molecule has 2 saturated heterocycles. The van der Waals surface area contributed by atoms with Crippen LogP contribution < -0.4 is 9.47 Å². The molecule has 2 aliphatic heterocycles. The lowest BCUT2D eigenvalue weighted by Crippen LogP contribution is -2.32. The maximum atomic E-state index is 7.19. The Hall–Kier alpha value is -2.04. The summed E-state index contributed by atoms with van der Waals surface area (Å²) in [5, 5.41) is 0. The second-order valence-corrected chi connectivity index (χ2v) is 28.5. The average molecular weight is 873 g/mol. The summed E-state index contributed by atoms with van der Waals surface area (Å²) in [5.41, 5.74) is 7.85. The third-order valence-corrected chi connectivity index (χ3v) is 13.6. The number of unbranched alkanes of at least 4 members (excludes halogenated alkanes) is 2. The normalized spacial score (nSPS) is 18.2. The fraction of sp³-hybridized carbons (Fsp3) is 0.797. The SMILES string of the molecule is CC(C)(C)CC(C)(C)c1cc(C(C)(C)c2cc(C(C)(C)CC(C)(C)C)c(OCCCCC3CO3)c(C(C)(C)CC(C)(C)C)c2)cc(C(C)(C)CC(C)(C)C)c1OCCCCC1CO1. The number of epoxide rings is 2. The first-order valence-electron chi connectivity index (χ1n) is 25.3. The molecule has 2 aliphatic rings. The highest BCUT2D eigenvalue weighted by Crippen LogP contribution is 2.53. The molecule has 360 valence electrons. The van der Waals surface area contributed by atoms with E-state index in [1.807, 2.05) is 0 Å². The Balaban J connectivity index is 2.05. The van der Waals surface area contributed by atoms with E-state index in [1.165, 1.54) is 33.4 Å². The molecule has 2 fully saturated rings. The maximum Gasteiger partial charge on any atom is 0.126 e. The van der Waals surface area contributed by atoms with Crippen molar-refractivity contribution >= 4 is 0 Å². The van der Waals surface area contributed by atoms with Gasteiger partial charge in [0.1, 0.15) is 11.5 Å². The molecule has 63 heavy (non-hydrogen) atoms. The molecule has 2 aromatic carbocycles. The summed E-state index contributed by atoms with van der Waals surface area (Å²) in [5.74, 6) is 2.24. The van der Waals surface area contributed by atoms with E-state index in [0.717, 1.165) is 102 Å². The molecule has 4 rings (SSSR count). The maximum absolute atomic E-state index is 7.19. The summed E-state index contributed by atoms with van der Waals surface area (Å²) in [7, 11) is 0. The molecule has 2 heterocycles. The lowest BCUT2D eigenvalue weighted by atomic mass is 9.64. The van der Waals surface area contributed by atoms with Crippen LogP contribution in [0.5, 0.6) is 11.5 Å². The molecule has 0 bridgehead atoms. The van der Waals surface area contributed by atoms with Gasteiger partial charge in [0.2, 0.25) is 0 Å². The zero-order chi connectivity index (χ0) is 47.8. The van der Waals surface area contributed by atoms with Gasteiger partial charge in [-0.05, 0) is 119 Å². The molecule has 0 aliphatic carbocycles. The van der Waals surface area contributed by atoms with Gasteiger partial charge in [-0.25, -0.2) is 0 Å². The van der Waals surface area contributed by atoms with Crippen LogP contribution >= 0.6 is 0 Å². The minimum atomic E-state index is -0.330. The van der Waals surface area contributed by atoms with Gasteiger partial charge in [-0.2, -0.15) is 0 Å². The van der Waals surface area contributed by atoms with Gasteiger partial charge in [0.15, 0.2) is 0 Å². The Bertz CT molecular complexity index is 1570. The van der Waals surface area contributed by atoms with Crippen LogP contribution in [0.1, 0.15) is 250 Å². The molecule has 0 saturated carbocycles. The van der Waals surface area contributed by atoms with Gasteiger partial charge in [-0.15, -0.1) is 0 Å². The molecule has 0 spiro atoms. The summed E-state index contributed by atoms with van der Waals surface area (Å²) < 4.78 is 25.5. The number of hydrogen-bond donors (Lipinski definition) is 0. The lowest BCUT2D eigenvalue weighted by Gasteiger charge is -2.42. The molecule has 2 aromatic rings. The van der Waals surface area contributed by atoms with Crippen LogP contribution in [0.15, 0.2) is 24.3 Å². The molecule has 4 heteroatoms. The van der Waals surface area contributed by atoms with Crippen molar-refractivity contribution in [3.8, 4) is 11.5 Å². The van der Waals surface area contributed by atoms with Crippen LogP contribution in [0.25, 0.3) is 0 Å². The topological polar surface area (TPSA) is 43.5 Å². The van der Waals surface area contributed by atoms with Gasteiger partial charge in [-0.3, -0.25) is 0 Å². The Kier molecular flexibility index (Phi) is 16.4. The van der Waals surface area contributed by atoms with E-state index in [9.17, 15) is 0 Å². The largest absolute Gasteiger partial charge is 0.493 e. The molecule has 0 amide bonds. The third-order valence-electron chi connectivity index (χ3n) is 13.6. The summed E-state index contributed by atoms with van der Waals surface area (Å²) in [6, 6.07) is 10.3. The molecule has 2 atom stereocenters. The Morgan fingerprint density at radius 3 is 0.841 bits per heavy atom. The number of hydrogen-bond acceptors (Lipinski definition) is 4. The molecule has 0 aromatic heterocycles. The predicted molar refractivity (Wildman–Crippen MR) is 272 cm³/mol. The fourth-order valence-electron chi connectivity index (χ4n) is 11.9. The van der Waals surface area contributed by atoms with Crippen molar-refractivity contribution in [1.82, 2.24) is 0 Å². The van der Waals surface area contributed by atoms with E-state index in [1.54, 1.807) is 0 Å². The van der Waals surface area contributed by atoms with Crippen LogP contribution in [-0.2, 0) is 36.5 Å². The first-order chi connectivity index (χ1) is 28.4. The predicted octanol–water partition coefficient (Wildman–Crippen LogP) is 16.8. The monoisotopic (exact) mass is 873 g/mol. The molecule has 4 nitrogen and oxygen atoms in total. The van der Waals surface area contributed by atoms with Crippen molar-refractivity contribution in [2.45, 2.75) is 256 Å². The van der Waals surface area contributed by atoms with Crippen LogP contribution in [0.4, 0.5) is 0 Å². The highest BCUT2D eigenvalue weighted by Gasteiger charge is 2.41. The lowest BCUT2D eigenvalue weighted by molar-refractivity contribution is 0.246. The fourth-order valence-corrected chi connectivity index (χ4v) is 11.9. The van der Waals surface area contributed by atoms with Gasteiger partial charge in [0, 0.05) is 27.7 Å². The van der Waals surface area contributed by atoms with Gasteiger partial charge in [-0.1, -0.05) is 177 Å². The standard InChI is InChI=1S/C59H100O4/c1-51(2,3)37-55(13,14)45-31-41(32-46(56(15,16)38-52(4,5)6)49(45)60-29-25-23-27-43-35-62-43)59(21,22)42-33-47(57(17,18)39-53(7,8)9)50(61-30-26-24-28-44-36-63-44)48(34-42)58(19,20)40-54(10,11)12/h31-34,43-44H,23-30,35-40H2,1-22H3. The zero-order valence-electron chi connectivity index (χ0n) is 45.5. The van der Waals surface area contributed by atoms with Crippen molar-refractivity contribution in [1.29, 1.82) is 0 Å². The van der Waals surface area contributed by atoms with Gasteiger partial charge >= 0.3 is 0 Å². The smallest absolute Gasteiger partial charge is 0.126 e. The first kappa shape index (κ1) is 53.6. The van der Waals surface area contributed by atoms with E-state index in [-0.39, 0.29) is 48.7 Å². The van der Waals surface area contributed by atoms with E-state index in [2.05, 4.69) is 177 Å². The van der Waals surface area contributed by atoms with Crippen LogP contribution in [0.2, 0.25) is 0 Å². The highest BCUT2D eigenvalue weighted by molar-refractivity contribution is 5.58. The second kappa shape index (κ2) is 19.3. The van der Waals surface area contributed by atoms with Crippen LogP contribution in [0.3, 0.4) is 0 Å². The molecule has 0 N–H and O–H groups in total. The van der Waals surface area contributed by atoms with Crippen molar-refractivity contribution in [2.75, 3.05) is 26.4 Å². The van der Waals surface area contributed by atoms with Gasteiger partial charge < -0.3 is 18.9 Å². The van der Waals surface area contributed by atoms with Crippen molar-refractivity contribution in [2.24, 2.45) is 21.7 Å². The Labute approximate surface area is 390 Å². The van der Waals surface area contributed by atoms with Crippen LogP contribution in [0, 0.1) is 21.7 Å². The van der Waals surface area contributed by atoms with Gasteiger partial charge in [0.05, 0.1) is 38.6 Å². The van der Waals surface area contributed by atoms with E-state index in [0.29, 0.717) is 12.2 Å². The summed E-state index contributed by atoms with van der Waals surface area (Å²) in [4.78, 5) is 0. The summed E-state index contributed by atoms with van der Waals surface area (Å²) in [6.45, 7) is 56.7. The third kappa shape index (κ3) is 16.1. The molecule has 0 radical (unpaired) electrons. The molecule has 2 unspecified atom stereocenters. The van der Waals surface area contributed by atoms with E-state index in [4.69, 9.17) is 18.9 Å². The number of rotatable bonds is 22.